The van der Waals surface area contributed by atoms with Crippen LogP contribution in [0, 0.1) is 17.8 Å². The van der Waals surface area contributed by atoms with Crippen LogP contribution < -0.4 is 10.6 Å². The zero-order chi connectivity index (χ0) is 14.6. The SMILES string of the molecule is CC(C)CC(CNC(=O)NC(C)(C)C1CC1)C(=O)O. The molecule has 5 nitrogen and oxygen atoms in total. The van der Waals surface area contributed by atoms with E-state index in [1.807, 2.05) is 27.7 Å². The fraction of sp³-hybridized carbons (Fsp3) is 0.857. The molecule has 0 aliphatic heterocycles. The molecule has 0 saturated heterocycles. The zero-order valence-corrected chi connectivity index (χ0v) is 12.3. The highest BCUT2D eigenvalue weighted by Gasteiger charge is 2.38. The molecule has 19 heavy (non-hydrogen) atoms. The van der Waals surface area contributed by atoms with E-state index in [2.05, 4.69) is 10.6 Å². The number of nitrogens with one attached hydrogen (secondary N) is 2. The highest BCUT2D eigenvalue weighted by Crippen LogP contribution is 2.39. The number of urea groups is 1. The smallest absolute Gasteiger partial charge is 0.315 e. The lowest BCUT2D eigenvalue weighted by Crippen LogP contribution is -2.51. The summed E-state index contributed by atoms with van der Waals surface area (Å²) in [5, 5.41) is 14.7. The van der Waals surface area contributed by atoms with Gasteiger partial charge in [-0.1, -0.05) is 13.8 Å². The second-order valence-corrected chi connectivity index (χ2v) is 6.50. The van der Waals surface area contributed by atoms with Crippen molar-refractivity contribution in [3.05, 3.63) is 0 Å². The standard InChI is InChI=1S/C14H26N2O3/c1-9(2)7-10(12(17)18)8-15-13(19)16-14(3,4)11-5-6-11/h9-11H,5-8H2,1-4H3,(H,17,18)(H2,15,16,19). The minimum absolute atomic E-state index is 0.181. The number of carbonyl (C=O) groups is 2. The molecule has 0 aromatic rings. The van der Waals surface area contributed by atoms with E-state index in [9.17, 15) is 9.59 Å². The molecule has 110 valence electrons. The van der Waals surface area contributed by atoms with E-state index in [1.54, 1.807) is 0 Å². The first-order valence-corrected chi connectivity index (χ1v) is 7.01. The molecule has 1 saturated carbocycles. The number of carbonyl (C=O) groups excluding carboxylic acids is 1. The molecule has 0 spiro atoms. The maximum atomic E-state index is 11.8. The summed E-state index contributed by atoms with van der Waals surface area (Å²) in [7, 11) is 0. The van der Waals surface area contributed by atoms with Gasteiger partial charge in [0.15, 0.2) is 0 Å². The first kappa shape index (κ1) is 15.8. The Bertz CT molecular complexity index is 336. The van der Waals surface area contributed by atoms with Crippen LogP contribution in [0.1, 0.15) is 47.0 Å². The molecule has 1 fully saturated rings. The minimum atomic E-state index is -0.851. The lowest BCUT2D eigenvalue weighted by Gasteiger charge is -2.26. The van der Waals surface area contributed by atoms with Crippen LogP contribution >= 0.6 is 0 Å². The van der Waals surface area contributed by atoms with Crippen LogP contribution in [0.5, 0.6) is 0 Å². The van der Waals surface area contributed by atoms with Crippen molar-refractivity contribution in [3.63, 3.8) is 0 Å². The van der Waals surface area contributed by atoms with E-state index in [0.717, 1.165) is 12.8 Å². The third-order valence-corrected chi connectivity index (χ3v) is 3.65. The Morgan fingerprint density at radius 2 is 1.89 bits per heavy atom. The van der Waals surface area contributed by atoms with Crippen molar-refractivity contribution >= 4 is 12.0 Å². The molecule has 1 unspecified atom stereocenters. The molecule has 0 aromatic carbocycles. The van der Waals surface area contributed by atoms with Crippen LogP contribution in [0.25, 0.3) is 0 Å². The number of aliphatic carboxylic acids is 1. The van der Waals surface area contributed by atoms with Crippen molar-refractivity contribution in [1.29, 1.82) is 0 Å². The summed E-state index contributed by atoms with van der Waals surface area (Å²) in [6.45, 7) is 8.15. The van der Waals surface area contributed by atoms with Gasteiger partial charge in [0.2, 0.25) is 0 Å². The third kappa shape index (κ3) is 5.49. The van der Waals surface area contributed by atoms with Gasteiger partial charge in [0.25, 0.3) is 0 Å². The Balaban J connectivity index is 2.36. The zero-order valence-electron chi connectivity index (χ0n) is 12.3. The van der Waals surface area contributed by atoms with Crippen LogP contribution in [0.4, 0.5) is 4.79 Å². The Morgan fingerprint density at radius 1 is 1.32 bits per heavy atom. The molecular formula is C14H26N2O3. The fourth-order valence-electron chi connectivity index (χ4n) is 2.30. The Kier molecular flexibility index (Phi) is 5.20. The molecular weight excluding hydrogens is 244 g/mol. The average molecular weight is 270 g/mol. The maximum absolute atomic E-state index is 11.8. The first-order chi connectivity index (χ1) is 8.72. The van der Waals surface area contributed by atoms with Crippen LogP contribution in [0.2, 0.25) is 0 Å². The van der Waals surface area contributed by atoms with E-state index >= 15 is 0 Å². The first-order valence-electron chi connectivity index (χ1n) is 7.01. The monoisotopic (exact) mass is 270 g/mol. The Hall–Kier alpha value is -1.26. The summed E-state index contributed by atoms with van der Waals surface area (Å²) < 4.78 is 0. The number of hydrogen-bond acceptors (Lipinski definition) is 2. The van der Waals surface area contributed by atoms with Gasteiger partial charge in [-0.2, -0.15) is 0 Å². The molecule has 0 heterocycles. The van der Waals surface area contributed by atoms with Gasteiger partial charge in [0, 0.05) is 12.1 Å². The lowest BCUT2D eigenvalue weighted by atomic mass is 9.97. The Labute approximate surface area is 115 Å². The molecule has 2 amide bonds. The van der Waals surface area contributed by atoms with Crippen molar-refractivity contribution in [2.24, 2.45) is 17.8 Å². The molecule has 1 aliphatic rings. The molecule has 1 rings (SSSR count). The molecule has 0 radical (unpaired) electrons. The predicted molar refractivity (Wildman–Crippen MR) is 73.9 cm³/mol. The van der Waals surface area contributed by atoms with Crippen LogP contribution in [-0.2, 0) is 4.79 Å². The van der Waals surface area contributed by atoms with E-state index < -0.39 is 11.9 Å². The fourth-order valence-corrected chi connectivity index (χ4v) is 2.30. The van der Waals surface area contributed by atoms with Crippen molar-refractivity contribution in [2.75, 3.05) is 6.54 Å². The van der Waals surface area contributed by atoms with Crippen LogP contribution in [-0.4, -0.2) is 29.2 Å². The number of hydrogen-bond donors (Lipinski definition) is 3. The van der Waals surface area contributed by atoms with Gasteiger partial charge in [-0.15, -0.1) is 0 Å². The van der Waals surface area contributed by atoms with Gasteiger partial charge in [-0.05, 0) is 44.9 Å². The number of carboxylic acid groups (broad SMARTS) is 1. The highest BCUT2D eigenvalue weighted by atomic mass is 16.4. The molecule has 3 N–H and O–H groups in total. The summed E-state index contributed by atoms with van der Waals surface area (Å²) in [5.74, 6) is -0.525. The molecule has 5 heteroatoms. The summed E-state index contributed by atoms with van der Waals surface area (Å²) in [6.07, 6.45) is 2.87. The van der Waals surface area contributed by atoms with Gasteiger partial charge in [-0.25, -0.2) is 4.79 Å². The Morgan fingerprint density at radius 3 is 2.32 bits per heavy atom. The molecule has 1 aliphatic carbocycles. The molecule has 0 aromatic heterocycles. The molecule has 1 atom stereocenters. The number of carboxylic acids is 1. The third-order valence-electron chi connectivity index (χ3n) is 3.65. The predicted octanol–water partition coefficient (Wildman–Crippen LogP) is 2.22. The van der Waals surface area contributed by atoms with Gasteiger partial charge in [0.1, 0.15) is 0 Å². The average Bonchev–Trinajstić information content (AvgIpc) is 3.06. The van der Waals surface area contributed by atoms with Crippen molar-refractivity contribution in [1.82, 2.24) is 10.6 Å². The van der Waals surface area contributed by atoms with Gasteiger partial charge in [-0.3, -0.25) is 4.79 Å². The summed E-state index contributed by atoms with van der Waals surface area (Å²) in [5.41, 5.74) is -0.207. The quantitative estimate of drug-likeness (QED) is 0.663. The maximum Gasteiger partial charge on any atom is 0.315 e. The van der Waals surface area contributed by atoms with Crippen LogP contribution in [0.3, 0.4) is 0 Å². The van der Waals surface area contributed by atoms with Crippen LogP contribution in [0.15, 0.2) is 0 Å². The summed E-state index contributed by atoms with van der Waals surface area (Å²) >= 11 is 0. The number of amides is 2. The van der Waals surface area contributed by atoms with Crippen molar-refractivity contribution < 1.29 is 14.7 Å². The van der Waals surface area contributed by atoms with E-state index in [0.29, 0.717) is 18.3 Å². The van der Waals surface area contributed by atoms with E-state index in [1.165, 1.54) is 0 Å². The van der Waals surface area contributed by atoms with Crippen molar-refractivity contribution in [3.8, 4) is 0 Å². The number of rotatable bonds is 7. The van der Waals surface area contributed by atoms with E-state index in [-0.39, 0.29) is 18.1 Å². The molecule has 0 bridgehead atoms. The van der Waals surface area contributed by atoms with Gasteiger partial charge < -0.3 is 15.7 Å². The second kappa shape index (κ2) is 6.26. The van der Waals surface area contributed by atoms with Gasteiger partial charge >= 0.3 is 12.0 Å². The topological polar surface area (TPSA) is 78.4 Å². The minimum Gasteiger partial charge on any atom is -0.481 e. The van der Waals surface area contributed by atoms with E-state index in [4.69, 9.17) is 5.11 Å². The summed E-state index contributed by atoms with van der Waals surface area (Å²) in [6, 6.07) is -0.271. The summed E-state index contributed by atoms with van der Waals surface area (Å²) in [4.78, 5) is 22.9. The van der Waals surface area contributed by atoms with Gasteiger partial charge in [0.05, 0.1) is 5.92 Å². The van der Waals surface area contributed by atoms with Crippen molar-refractivity contribution in [2.45, 2.75) is 52.5 Å². The highest BCUT2D eigenvalue weighted by molar-refractivity contribution is 5.76. The second-order valence-electron chi connectivity index (χ2n) is 6.50. The normalized spacial score (nSPS) is 17.1. The lowest BCUT2D eigenvalue weighted by molar-refractivity contribution is -0.142. The largest absolute Gasteiger partial charge is 0.481 e.